The maximum absolute atomic E-state index is 12.7. The van der Waals surface area contributed by atoms with E-state index >= 15 is 0 Å². The summed E-state index contributed by atoms with van der Waals surface area (Å²) in [5, 5.41) is 4.17. The van der Waals surface area contributed by atoms with Crippen molar-refractivity contribution in [3.05, 3.63) is 36.2 Å². The number of hydrogen-bond donors (Lipinski definition) is 1. The molecule has 0 radical (unpaired) electrons. The molecule has 1 saturated carbocycles. The Morgan fingerprint density at radius 3 is 2.53 bits per heavy atom. The van der Waals surface area contributed by atoms with Crippen molar-refractivity contribution in [3.63, 3.8) is 0 Å². The van der Waals surface area contributed by atoms with E-state index in [1.165, 1.54) is 6.07 Å². The fourth-order valence-corrected chi connectivity index (χ4v) is 2.01. The molecule has 2 N–H and O–H groups in total. The zero-order valence-electron chi connectivity index (χ0n) is 9.98. The zero-order valence-corrected chi connectivity index (χ0v) is 9.98. The number of aromatic nitrogens is 2. The lowest BCUT2D eigenvalue weighted by Gasteiger charge is -2.09. The number of nitrogen functional groups attached to an aromatic ring is 1. The van der Waals surface area contributed by atoms with Gasteiger partial charge in [0.15, 0.2) is 0 Å². The standard InChI is InChI=1S/C13H12F3N3/c14-13(15,16)10-3-8(4-11(17)5-10)9-6-18-19(7-9)12-1-2-12/h3-7,12H,1-2,17H2. The van der Waals surface area contributed by atoms with Gasteiger partial charge in [-0.3, -0.25) is 4.68 Å². The van der Waals surface area contributed by atoms with Crippen LogP contribution < -0.4 is 5.73 Å². The van der Waals surface area contributed by atoms with E-state index in [-0.39, 0.29) is 5.69 Å². The third-order valence-electron chi connectivity index (χ3n) is 3.14. The van der Waals surface area contributed by atoms with Crippen LogP contribution in [0.5, 0.6) is 0 Å². The minimum Gasteiger partial charge on any atom is -0.399 e. The second kappa shape index (κ2) is 4.01. The van der Waals surface area contributed by atoms with Crippen molar-refractivity contribution in [1.82, 2.24) is 9.78 Å². The van der Waals surface area contributed by atoms with Gasteiger partial charge in [0.25, 0.3) is 0 Å². The van der Waals surface area contributed by atoms with Crippen LogP contribution in [0.15, 0.2) is 30.6 Å². The molecule has 1 aromatic carbocycles. The first-order valence-corrected chi connectivity index (χ1v) is 5.96. The molecule has 19 heavy (non-hydrogen) atoms. The van der Waals surface area contributed by atoms with Gasteiger partial charge in [-0.2, -0.15) is 18.3 Å². The summed E-state index contributed by atoms with van der Waals surface area (Å²) >= 11 is 0. The Labute approximate surface area is 107 Å². The second-order valence-corrected chi connectivity index (χ2v) is 4.78. The third kappa shape index (κ3) is 2.43. The van der Waals surface area contributed by atoms with E-state index in [9.17, 15) is 13.2 Å². The van der Waals surface area contributed by atoms with Gasteiger partial charge in [-0.1, -0.05) is 0 Å². The number of anilines is 1. The molecule has 0 unspecified atom stereocenters. The topological polar surface area (TPSA) is 43.8 Å². The molecule has 1 fully saturated rings. The smallest absolute Gasteiger partial charge is 0.399 e. The van der Waals surface area contributed by atoms with Crippen molar-refractivity contribution >= 4 is 5.69 Å². The zero-order chi connectivity index (χ0) is 13.6. The average molecular weight is 267 g/mol. The molecule has 0 bridgehead atoms. The molecular weight excluding hydrogens is 255 g/mol. The number of benzene rings is 1. The quantitative estimate of drug-likeness (QED) is 0.846. The molecule has 3 rings (SSSR count). The third-order valence-corrected chi connectivity index (χ3v) is 3.14. The Morgan fingerprint density at radius 1 is 1.16 bits per heavy atom. The van der Waals surface area contributed by atoms with E-state index in [0.29, 0.717) is 17.2 Å². The minimum absolute atomic E-state index is 0.101. The number of nitrogens with zero attached hydrogens (tertiary/aromatic N) is 2. The summed E-state index contributed by atoms with van der Waals surface area (Å²) < 4.78 is 40.0. The molecule has 0 atom stereocenters. The molecule has 0 saturated heterocycles. The normalized spacial score (nSPS) is 15.7. The van der Waals surface area contributed by atoms with E-state index in [0.717, 1.165) is 25.0 Å². The van der Waals surface area contributed by atoms with Crippen LogP contribution in [0.25, 0.3) is 11.1 Å². The molecule has 100 valence electrons. The van der Waals surface area contributed by atoms with Crippen molar-refractivity contribution in [1.29, 1.82) is 0 Å². The summed E-state index contributed by atoms with van der Waals surface area (Å²) in [6, 6.07) is 3.97. The molecule has 0 amide bonds. The van der Waals surface area contributed by atoms with Gasteiger partial charge in [0, 0.05) is 17.4 Å². The lowest BCUT2D eigenvalue weighted by atomic mass is 10.0. The summed E-state index contributed by atoms with van der Waals surface area (Å²) in [7, 11) is 0. The van der Waals surface area contributed by atoms with Gasteiger partial charge in [0.05, 0.1) is 17.8 Å². The average Bonchev–Trinajstić information content (AvgIpc) is 3.05. The van der Waals surface area contributed by atoms with Crippen molar-refractivity contribution in [2.24, 2.45) is 0 Å². The van der Waals surface area contributed by atoms with Gasteiger partial charge in [-0.05, 0) is 36.6 Å². The Bertz CT molecular complexity index is 612. The highest BCUT2D eigenvalue weighted by Crippen LogP contribution is 2.37. The maximum atomic E-state index is 12.7. The molecule has 1 heterocycles. The highest BCUT2D eigenvalue weighted by atomic mass is 19.4. The van der Waals surface area contributed by atoms with Crippen LogP contribution in [0.2, 0.25) is 0 Å². The summed E-state index contributed by atoms with van der Waals surface area (Å²) in [6.45, 7) is 0. The maximum Gasteiger partial charge on any atom is 0.416 e. The largest absolute Gasteiger partial charge is 0.416 e. The van der Waals surface area contributed by atoms with E-state index in [2.05, 4.69) is 5.10 Å². The van der Waals surface area contributed by atoms with E-state index < -0.39 is 11.7 Å². The number of alkyl halides is 3. The summed E-state index contributed by atoms with van der Waals surface area (Å²) in [5.74, 6) is 0. The fraction of sp³-hybridized carbons (Fsp3) is 0.308. The van der Waals surface area contributed by atoms with Gasteiger partial charge in [-0.25, -0.2) is 0 Å². The van der Waals surface area contributed by atoms with Crippen LogP contribution in [0.1, 0.15) is 24.4 Å². The summed E-state index contributed by atoms with van der Waals surface area (Å²) in [6.07, 6.45) is 1.11. The molecule has 1 aromatic heterocycles. The van der Waals surface area contributed by atoms with Crippen LogP contribution in [-0.4, -0.2) is 9.78 Å². The lowest BCUT2D eigenvalue weighted by molar-refractivity contribution is -0.137. The highest BCUT2D eigenvalue weighted by Gasteiger charge is 2.31. The SMILES string of the molecule is Nc1cc(-c2cnn(C3CC3)c2)cc(C(F)(F)F)c1. The number of nitrogens with two attached hydrogens (primary N) is 1. The first kappa shape index (κ1) is 12.1. The minimum atomic E-state index is -4.39. The van der Waals surface area contributed by atoms with Gasteiger partial charge in [-0.15, -0.1) is 0 Å². The molecule has 0 spiro atoms. The van der Waals surface area contributed by atoms with Crippen molar-refractivity contribution < 1.29 is 13.2 Å². The molecule has 3 nitrogen and oxygen atoms in total. The van der Waals surface area contributed by atoms with Crippen LogP contribution in [0.3, 0.4) is 0 Å². The van der Waals surface area contributed by atoms with Crippen LogP contribution in [0, 0.1) is 0 Å². The predicted octanol–water partition coefficient (Wildman–Crippen LogP) is 3.49. The van der Waals surface area contributed by atoms with Crippen molar-refractivity contribution in [3.8, 4) is 11.1 Å². The summed E-state index contributed by atoms with van der Waals surface area (Å²) in [4.78, 5) is 0. The number of hydrogen-bond acceptors (Lipinski definition) is 2. The van der Waals surface area contributed by atoms with Crippen LogP contribution in [-0.2, 0) is 6.18 Å². The Balaban J connectivity index is 2.01. The fourth-order valence-electron chi connectivity index (χ4n) is 2.01. The van der Waals surface area contributed by atoms with E-state index in [1.807, 2.05) is 0 Å². The van der Waals surface area contributed by atoms with Gasteiger partial charge >= 0.3 is 6.18 Å². The molecule has 2 aromatic rings. The number of halogens is 3. The first-order valence-electron chi connectivity index (χ1n) is 5.96. The van der Waals surface area contributed by atoms with Crippen molar-refractivity contribution in [2.45, 2.75) is 25.1 Å². The Morgan fingerprint density at radius 2 is 1.89 bits per heavy atom. The molecule has 6 heteroatoms. The van der Waals surface area contributed by atoms with Crippen LogP contribution in [0.4, 0.5) is 18.9 Å². The molecule has 1 aliphatic carbocycles. The monoisotopic (exact) mass is 267 g/mol. The second-order valence-electron chi connectivity index (χ2n) is 4.78. The summed E-state index contributed by atoms with van der Waals surface area (Å²) in [5.41, 5.74) is 6.01. The Kier molecular flexibility index (Phi) is 2.55. The number of rotatable bonds is 2. The van der Waals surface area contributed by atoms with Crippen molar-refractivity contribution in [2.75, 3.05) is 5.73 Å². The molecule has 0 aliphatic heterocycles. The van der Waals surface area contributed by atoms with Gasteiger partial charge < -0.3 is 5.73 Å². The highest BCUT2D eigenvalue weighted by molar-refractivity contribution is 5.67. The van der Waals surface area contributed by atoms with Crippen LogP contribution >= 0.6 is 0 Å². The van der Waals surface area contributed by atoms with E-state index in [4.69, 9.17) is 5.73 Å². The predicted molar refractivity (Wildman–Crippen MR) is 65.3 cm³/mol. The molecular formula is C13H12F3N3. The molecule has 1 aliphatic rings. The van der Waals surface area contributed by atoms with Gasteiger partial charge in [0.1, 0.15) is 0 Å². The van der Waals surface area contributed by atoms with Gasteiger partial charge in [0.2, 0.25) is 0 Å². The first-order chi connectivity index (χ1) is 8.93. The van der Waals surface area contributed by atoms with E-state index in [1.54, 1.807) is 17.1 Å². The lowest BCUT2D eigenvalue weighted by Crippen LogP contribution is -2.05. The Hall–Kier alpha value is -1.98.